The number of carbonyl (C=O) groups excluding carboxylic acids is 1. The first-order valence-electron chi connectivity index (χ1n) is 6.01. The van der Waals surface area contributed by atoms with Crippen molar-refractivity contribution in [2.45, 2.75) is 25.3 Å². The molecule has 1 aliphatic rings. The number of nitrogens with zero attached hydrogens (tertiary/aromatic N) is 2. The lowest BCUT2D eigenvalue weighted by atomic mass is 10.1. The highest BCUT2D eigenvalue weighted by molar-refractivity contribution is 5.85. The van der Waals surface area contributed by atoms with Crippen molar-refractivity contribution < 1.29 is 19.4 Å². The number of ether oxygens (including phenoxy) is 1. The van der Waals surface area contributed by atoms with Crippen LogP contribution < -0.4 is 5.32 Å². The second kappa shape index (κ2) is 5.64. The summed E-state index contributed by atoms with van der Waals surface area (Å²) in [5.41, 5.74) is 0. The van der Waals surface area contributed by atoms with E-state index in [1.807, 2.05) is 0 Å². The Labute approximate surface area is 110 Å². The third-order valence-electron chi connectivity index (χ3n) is 3.16. The van der Waals surface area contributed by atoms with Crippen LogP contribution in [-0.2, 0) is 9.53 Å². The smallest absolute Gasteiger partial charge is 0.376 e. The van der Waals surface area contributed by atoms with Crippen molar-refractivity contribution in [3.63, 3.8) is 0 Å². The van der Waals surface area contributed by atoms with E-state index in [1.54, 1.807) is 6.07 Å². The topological polar surface area (TPSA) is 101 Å². The molecular weight excluding hydrogens is 250 g/mol. The number of carboxylic acid groups (broad SMARTS) is 1. The van der Waals surface area contributed by atoms with E-state index in [-0.39, 0.29) is 17.8 Å². The number of carboxylic acids is 1. The molecule has 1 aromatic rings. The van der Waals surface area contributed by atoms with Gasteiger partial charge in [0.15, 0.2) is 0 Å². The van der Waals surface area contributed by atoms with E-state index in [2.05, 4.69) is 20.0 Å². The van der Waals surface area contributed by atoms with E-state index < -0.39 is 11.9 Å². The van der Waals surface area contributed by atoms with Crippen LogP contribution >= 0.6 is 0 Å². The fourth-order valence-corrected chi connectivity index (χ4v) is 2.17. The van der Waals surface area contributed by atoms with Crippen LogP contribution in [0.5, 0.6) is 0 Å². The van der Waals surface area contributed by atoms with Gasteiger partial charge in [0.2, 0.25) is 5.82 Å². The molecule has 0 saturated heterocycles. The molecule has 19 heavy (non-hydrogen) atoms. The van der Waals surface area contributed by atoms with Gasteiger partial charge in [-0.1, -0.05) is 0 Å². The molecule has 0 unspecified atom stereocenters. The highest BCUT2D eigenvalue weighted by Gasteiger charge is 2.29. The van der Waals surface area contributed by atoms with Crippen LogP contribution in [0.25, 0.3) is 0 Å². The standard InChI is InChI=1S/C12H15N3O4/c1-19-12(18)10-13-5-4-9(15-10)14-8-3-2-7(6-8)11(16)17/h4-5,7-8H,2-3,6H2,1H3,(H,16,17)(H,13,14,15)/t7-,8+/m1/s1. The molecule has 0 aliphatic heterocycles. The number of hydrogen-bond acceptors (Lipinski definition) is 6. The second-order valence-corrected chi connectivity index (χ2v) is 4.45. The number of aromatic nitrogens is 2. The van der Waals surface area contributed by atoms with Gasteiger partial charge < -0.3 is 15.2 Å². The monoisotopic (exact) mass is 265 g/mol. The quantitative estimate of drug-likeness (QED) is 0.781. The van der Waals surface area contributed by atoms with Crippen molar-refractivity contribution in [2.75, 3.05) is 12.4 Å². The number of esters is 1. The van der Waals surface area contributed by atoms with Gasteiger partial charge in [-0.2, -0.15) is 0 Å². The van der Waals surface area contributed by atoms with Gasteiger partial charge in [0.05, 0.1) is 13.0 Å². The summed E-state index contributed by atoms with van der Waals surface area (Å²) in [6.07, 6.45) is 3.45. The molecule has 0 aromatic carbocycles. The first kappa shape index (κ1) is 13.3. The van der Waals surface area contributed by atoms with E-state index >= 15 is 0 Å². The number of anilines is 1. The fourth-order valence-electron chi connectivity index (χ4n) is 2.17. The summed E-state index contributed by atoms with van der Waals surface area (Å²) in [6.45, 7) is 0. The van der Waals surface area contributed by atoms with Crippen molar-refractivity contribution in [1.29, 1.82) is 0 Å². The maximum absolute atomic E-state index is 11.3. The molecule has 1 aromatic heterocycles. The molecule has 1 aliphatic carbocycles. The van der Waals surface area contributed by atoms with Crippen LogP contribution in [0.3, 0.4) is 0 Å². The lowest BCUT2D eigenvalue weighted by Gasteiger charge is -2.13. The molecule has 7 nitrogen and oxygen atoms in total. The number of nitrogens with one attached hydrogen (secondary N) is 1. The highest BCUT2D eigenvalue weighted by atomic mass is 16.5. The minimum Gasteiger partial charge on any atom is -0.481 e. The summed E-state index contributed by atoms with van der Waals surface area (Å²) in [5, 5.41) is 12.1. The summed E-state index contributed by atoms with van der Waals surface area (Å²) in [6, 6.07) is 1.70. The third-order valence-corrected chi connectivity index (χ3v) is 3.16. The largest absolute Gasteiger partial charge is 0.481 e. The molecular formula is C12H15N3O4. The van der Waals surface area contributed by atoms with Crippen LogP contribution in [0.1, 0.15) is 29.9 Å². The number of rotatable bonds is 4. The minimum absolute atomic E-state index is 0.0136. The zero-order valence-corrected chi connectivity index (χ0v) is 10.5. The second-order valence-electron chi connectivity index (χ2n) is 4.45. The summed E-state index contributed by atoms with van der Waals surface area (Å²) in [5.74, 6) is -1.17. The lowest BCUT2D eigenvalue weighted by molar-refractivity contribution is -0.141. The Balaban J connectivity index is 2.00. The predicted molar refractivity (Wildman–Crippen MR) is 65.8 cm³/mol. The van der Waals surface area contributed by atoms with E-state index in [4.69, 9.17) is 5.11 Å². The molecule has 2 N–H and O–H groups in total. The molecule has 1 fully saturated rings. The number of hydrogen-bond donors (Lipinski definition) is 2. The van der Waals surface area contributed by atoms with Crippen molar-refractivity contribution in [3.05, 3.63) is 18.1 Å². The van der Waals surface area contributed by atoms with Crippen molar-refractivity contribution >= 4 is 17.8 Å². The average Bonchev–Trinajstić information content (AvgIpc) is 2.87. The summed E-state index contributed by atoms with van der Waals surface area (Å²) < 4.78 is 4.54. The fraction of sp³-hybridized carbons (Fsp3) is 0.500. The molecule has 2 rings (SSSR count). The Kier molecular flexibility index (Phi) is 3.94. The normalized spacial score (nSPS) is 21.9. The molecule has 0 radical (unpaired) electrons. The molecule has 7 heteroatoms. The maximum atomic E-state index is 11.3. The van der Waals surface area contributed by atoms with Crippen LogP contribution in [-0.4, -0.2) is 40.2 Å². The summed E-state index contributed by atoms with van der Waals surface area (Å²) >= 11 is 0. The molecule has 0 spiro atoms. The molecule has 1 heterocycles. The van der Waals surface area contributed by atoms with Gasteiger partial charge in [-0.3, -0.25) is 4.79 Å². The minimum atomic E-state index is -0.762. The van der Waals surface area contributed by atoms with E-state index in [0.29, 0.717) is 18.7 Å². The van der Waals surface area contributed by atoms with Crippen molar-refractivity contribution in [1.82, 2.24) is 9.97 Å². The van der Waals surface area contributed by atoms with Gasteiger partial charge in [0.25, 0.3) is 0 Å². The van der Waals surface area contributed by atoms with Gasteiger partial charge in [-0.05, 0) is 25.3 Å². The number of carbonyl (C=O) groups is 2. The van der Waals surface area contributed by atoms with Crippen LogP contribution in [0.4, 0.5) is 5.82 Å². The van der Waals surface area contributed by atoms with E-state index in [1.165, 1.54) is 13.3 Å². The summed E-state index contributed by atoms with van der Waals surface area (Å²) in [7, 11) is 1.26. The van der Waals surface area contributed by atoms with E-state index in [0.717, 1.165) is 6.42 Å². The van der Waals surface area contributed by atoms with Crippen LogP contribution in [0.2, 0.25) is 0 Å². The van der Waals surface area contributed by atoms with Crippen LogP contribution in [0, 0.1) is 5.92 Å². The van der Waals surface area contributed by atoms with Crippen LogP contribution in [0.15, 0.2) is 12.3 Å². The molecule has 2 atom stereocenters. The Morgan fingerprint density at radius 2 is 2.26 bits per heavy atom. The molecule has 1 saturated carbocycles. The maximum Gasteiger partial charge on any atom is 0.376 e. The zero-order valence-electron chi connectivity index (χ0n) is 10.5. The van der Waals surface area contributed by atoms with Crippen molar-refractivity contribution in [3.8, 4) is 0 Å². The SMILES string of the molecule is COC(=O)c1nccc(N[C@H]2CC[C@@H](C(=O)O)C2)n1. The van der Waals surface area contributed by atoms with E-state index in [9.17, 15) is 9.59 Å². The van der Waals surface area contributed by atoms with Gasteiger partial charge in [-0.15, -0.1) is 0 Å². The molecule has 0 amide bonds. The Morgan fingerprint density at radius 3 is 2.89 bits per heavy atom. The van der Waals surface area contributed by atoms with Gasteiger partial charge in [-0.25, -0.2) is 14.8 Å². The Morgan fingerprint density at radius 1 is 1.47 bits per heavy atom. The first-order valence-corrected chi connectivity index (χ1v) is 6.01. The van der Waals surface area contributed by atoms with Crippen molar-refractivity contribution in [2.24, 2.45) is 5.92 Å². The zero-order chi connectivity index (χ0) is 13.8. The van der Waals surface area contributed by atoms with Gasteiger partial charge >= 0.3 is 11.9 Å². The molecule has 0 bridgehead atoms. The molecule has 102 valence electrons. The Hall–Kier alpha value is -2.18. The van der Waals surface area contributed by atoms with Gasteiger partial charge in [0, 0.05) is 12.2 Å². The van der Waals surface area contributed by atoms with Gasteiger partial charge in [0.1, 0.15) is 5.82 Å². The number of methoxy groups -OCH3 is 1. The Bertz CT molecular complexity index is 492. The average molecular weight is 265 g/mol. The third kappa shape index (κ3) is 3.18. The number of aliphatic carboxylic acids is 1. The lowest BCUT2D eigenvalue weighted by Crippen LogP contribution is -2.19. The highest BCUT2D eigenvalue weighted by Crippen LogP contribution is 2.27. The summed E-state index contributed by atoms with van der Waals surface area (Å²) in [4.78, 5) is 30.0. The first-order chi connectivity index (χ1) is 9.10. The predicted octanol–water partition coefficient (Wildman–Crippen LogP) is 0.928.